The highest BCUT2D eigenvalue weighted by atomic mass is 16.5. The van der Waals surface area contributed by atoms with Crippen molar-refractivity contribution in [3.8, 4) is 0 Å². The largest absolute Gasteiger partial charge is 0.374 e. The van der Waals surface area contributed by atoms with Gasteiger partial charge in [0.15, 0.2) is 5.82 Å². The van der Waals surface area contributed by atoms with E-state index in [0.717, 1.165) is 30.6 Å². The van der Waals surface area contributed by atoms with Crippen LogP contribution in [0.5, 0.6) is 0 Å². The molecule has 1 saturated heterocycles. The second-order valence-electron chi connectivity index (χ2n) is 6.65. The number of rotatable bonds is 6. The molecule has 1 aliphatic heterocycles. The molecular weight excluding hydrogens is 332 g/mol. The molecule has 0 spiro atoms. The average Bonchev–Trinajstić information content (AvgIpc) is 3.02. The summed E-state index contributed by atoms with van der Waals surface area (Å²) in [5, 5.41) is 9.65. The molecule has 26 heavy (non-hydrogen) atoms. The van der Waals surface area contributed by atoms with Gasteiger partial charge in [-0.3, -0.25) is 9.59 Å². The number of hydrogen-bond donors (Lipinski definition) is 2. The molecule has 2 aromatic rings. The zero-order valence-corrected chi connectivity index (χ0v) is 15.1. The van der Waals surface area contributed by atoms with E-state index in [-0.39, 0.29) is 11.8 Å². The minimum absolute atomic E-state index is 0.199. The van der Waals surface area contributed by atoms with Crippen LogP contribution in [0.15, 0.2) is 34.9 Å². The smallest absolute Gasteiger partial charge is 0.247 e. The Bertz CT molecular complexity index is 787. The van der Waals surface area contributed by atoms with Gasteiger partial charge in [-0.1, -0.05) is 17.3 Å². The van der Waals surface area contributed by atoms with Crippen molar-refractivity contribution in [1.82, 2.24) is 10.1 Å². The van der Waals surface area contributed by atoms with Gasteiger partial charge < -0.3 is 20.1 Å². The molecule has 1 atom stereocenters. The van der Waals surface area contributed by atoms with Gasteiger partial charge in [0.05, 0.1) is 0 Å². The van der Waals surface area contributed by atoms with Crippen LogP contribution in [0.3, 0.4) is 0 Å². The van der Waals surface area contributed by atoms with Gasteiger partial charge in [0.1, 0.15) is 11.8 Å². The fourth-order valence-electron chi connectivity index (χ4n) is 2.98. The van der Waals surface area contributed by atoms with Crippen molar-refractivity contribution < 1.29 is 14.1 Å². The summed E-state index contributed by atoms with van der Waals surface area (Å²) in [5.74, 6) is 1.06. The lowest BCUT2D eigenvalue weighted by molar-refractivity contribution is -0.133. The monoisotopic (exact) mass is 356 g/mol. The van der Waals surface area contributed by atoms with Gasteiger partial charge in [0.25, 0.3) is 0 Å². The van der Waals surface area contributed by atoms with E-state index in [1.165, 1.54) is 0 Å². The minimum atomic E-state index is -0.445. The Hall–Kier alpha value is -2.83. The molecule has 2 heterocycles. The predicted molar refractivity (Wildman–Crippen MR) is 98.7 cm³/mol. The van der Waals surface area contributed by atoms with E-state index in [1.807, 2.05) is 29.2 Å². The topological polar surface area (TPSA) is 87.5 Å². The SMILES string of the molecule is Cc1cc(NC(=O)C(C)Nc2cccc(CN3CCCCC3=O)c2)no1. The Morgan fingerprint density at radius 3 is 2.92 bits per heavy atom. The number of amides is 2. The number of carbonyl (C=O) groups excluding carboxylic acids is 2. The fraction of sp³-hybridized carbons (Fsp3) is 0.421. The van der Waals surface area contributed by atoms with Gasteiger partial charge in [-0.15, -0.1) is 0 Å². The molecule has 1 unspecified atom stereocenters. The molecule has 1 fully saturated rings. The van der Waals surface area contributed by atoms with Crippen LogP contribution in [0.2, 0.25) is 0 Å². The van der Waals surface area contributed by atoms with Crippen molar-refractivity contribution in [2.24, 2.45) is 0 Å². The van der Waals surface area contributed by atoms with Crippen LogP contribution >= 0.6 is 0 Å². The third kappa shape index (κ3) is 4.62. The number of nitrogens with zero attached hydrogens (tertiary/aromatic N) is 2. The highest BCUT2D eigenvalue weighted by Gasteiger charge is 2.18. The first kappa shape index (κ1) is 18.0. The van der Waals surface area contributed by atoms with E-state index in [9.17, 15) is 9.59 Å². The van der Waals surface area contributed by atoms with Gasteiger partial charge in [-0.05, 0) is 44.4 Å². The predicted octanol–water partition coefficient (Wildman–Crippen LogP) is 2.93. The number of benzene rings is 1. The molecule has 1 aromatic carbocycles. The molecule has 7 heteroatoms. The van der Waals surface area contributed by atoms with Crippen LogP contribution in [0.4, 0.5) is 11.5 Å². The average molecular weight is 356 g/mol. The maximum atomic E-state index is 12.3. The van der Waals surface area contributed by atoms with E-state index in [1.54, 1.807) is 19.9 Å². The third-order valence-corrected chi connectivity index (χ3v) is 4.38. The highest BCUT2D eigenvalue weighted by Crippen LogP contribution is 2.18. The third-order valence-electron chi connectivity index (χ3n) is 4.38. The van der Waals surface area contributed by atoms with E-state index in [0.29, 0.717) is 24.5 Å². The van der Waals surface area contributed by atoms with Gasteiger partial charge in [0, 0.05) is 31.3 Å². The van der Waals surface area contributed by atoms with Crippen molar-refractivity contribution in [3.63, 3.8) is 0 Å². The van der Waals surface area contributed by atoms with Crippen LogP contribution in [0, 0.1) is 6.92 Å². The maximum Gasteiger partial charge on any atom is 0.247 e. The molecule has 2 N–H and O–H groups in total. The van der Waals surface area contributed by atoms with Crippen LogP contribution in [-0.4, -0.2) is 34.5 Å². The quantitative estimate of drug-likeness (QED) is 0.831. The molecule has 3 rings (SSSR count). The lowest BCUT2D eigenvalue weighted by Gasteiger charge is -2.27. The second kappa shape index (κ2) is 8.03. The second-order valence-corrected chi connectivity index (χ2v) is 6.65. The summed E-state index contributed by atoms with van der Waals surface area (Å²) in [6.07, 6.45) is 2.67. The molecule has 2 amide bonds. The molecular formula is C19H24N4O3. The first-order chi connectivity index (χ1) is 12.5. The molecule has 0 bridgehead atoms. The van der Waals surface area contributed by atoms with Crippen molar-refractivity contribution in [2.45, 2.75) is 45.7 Å². The molecule has 0 radical (unpaired) electrons. The summed E-state index contributed by atoms with van der Waals surface area (Å²) in [5.41, 5.74) is 1.89. The summed E-state index contributed by atoms with van der Waals surface area (Å²) < 4.78 is 4.94. The van der Waals surface area contributed by atoms with Crippen LogP contribution in [0.1, 0.15) is 37.5 Å². The molecule has 0 aliphatic carbocycles. The van der Waals surface area contributed by atoms with E-state index >= 15 is 0 Å². The molecule has 1 aliphatic rings. The summed E-state index contributed by atoms with van der Waals surface area (Å²) in [6, 6.07) is 9.03. The lowest BCUT2D eigenvalue weighted by atomic mass is 10.1. The molecule has 1 aromatic heterocycles. The number of aryl methyl sites for hydroxylation is 1. The number of carbonyl (C=O) groups is 2. The fourth-order valence-corrected chi connectivity index (χ4v) is 2.98. The minimum Gasteiger partial charge on any atom is -0.374 e. The zero-order chi connectivity index (χ0) is 18.5. The van der Waals surface area contributed by atoms with Crippen molar-refractivity contribution >= 4 is 23.3 Å². The summed E-state index contributed by atoms with van der Waals surface area (Å²) in [4.78, 5) is 26.1. The van der Waals surface area contributed by atoms with Crippen LogP contribution in [-0.2, 0) is 16.1 Å². The first-order valence-corrected chi connectivity index (χ1v) is 8.89. The molecule has 138 valence electrons. The summed E-state index contributed by atoms with van der Waals surface area (Å²) in [7, 11) is 0. The number of anilines is 2. The number of nitrogens with one attached hydrogen (secondary N) is 2. The van der Waals surface area contributed by atoms with Gasteiger partial charge in [0.2, 0.25) is 11.8 Å². The summed E-state index contributed by atoms with van der Waals surface area (Å²) >= 11 is 0. The van der Waals surface area contributed by atoms with Crippen molar-refractivity contribution in [3.05, 3.63) is 41.7 Å². The Kier molecular flexibility index (Phi) is 5.55. The first-order valence-electron chi connectivity index (χ1n) is 8.89. The normalized spacial score (nSPS) is 15.6. The summed E-state index contributed by atoms with van der Waals surface area (Å²) in [6.45, 7) is 4.96. The Morgan fingerprint density at radius 2 is 2.19 bits per heavy atom. The van der Waals surface area contributed by atoms with Crippen molar-refractivity contribution in [2.75, 3.05) is 17.2 Å². The van der Waals surface area contributed by atoms with E-state index < -0.39 is 6.04 Å². The van der Waals surface area contributed by atoms with E-state index in [4.69, 9.17) is 4.52 Å². The molecule has 7 nitrogen and oxygen atoms in total. The highest BCUT2D eigenvalue weighted by molar-refractivity contribution is 5.95. The Balaban J connectivity index is 1.58. The van der Waals surface area contributed by atoms with Gasteiger partial charge in [-0.25, -0.2) is 0 Å². The number of likely N-dealkylation sites (tertiary alicyclic amines) is 1. The number of hydrogen-bond acceptors (Lipinski definition) is 5. The van der Waals surface area contributed by atoms with Crippen LogP contribution < -0.4 is 10.6 Å². The number of aromatic nitrogens is 1. The van der Waals surface area contributed by atoms with Gasteiger partial charge in [-0.2, -0.15) is 0 Å². The van der Waals surface area contributed by atoms with Gasteiger partial charge >= 0.3 is 0 Å². The van der Waals surface area contributed by atoms with Crippen LogP contribution in [0.25, 0.3) is 0 Å². The standard InChI is InChI=1S/C19H24N4O3/c1-13-10-17(22-26-13)21-19(25)14(2)20-16-7-5-6-15(11-16)12-23-9-4-3-8-18(23)24/h5-7,10-11,14,20H,3-4,8-9,12H2,1-2H3,(H,21,22,25). The maximum absolute atomic E-state index is 12.3. The van der Waals surface area contributed by atoms with E-state index in [2.05, 4.69) is 15.8 Å². The Morgan fingerprint density at radius 1 is 1.35 bits per heavy atom. The lowest BCUT2D eigenvalue weighted by Crippen LogP contribution is -2.34. The number of piperidine rings is 1. The molecule has 0 saturated carbocycles. The zero-order valence-electron chi connectivity index (χ0n) is 15.1. The Labute approximate surface area is 152 Å². The van der Waals surface area contributed by atoms with Crippen molar-refractivity contribution in [1.29, 1.82) is 0 Å².